The first kappa shape index (κ1) is 22.5. The highest BCUT2D eigenvalue weighted by molar-refractivity contribution is 6.31. The summed E-state index contributed by atoms with van der Waals surface area (Å²) in [6.45, 7) is 2.12. The normalized spacial score (nSPS) is 14.9. The zero-order valence-electron chi connectivity index (χ0n) is 16.9. The molecule has 6 nitrogen and oxygen atoms in total. The van der Waals surface area contributed by atoms with Gasteiger partial charge in [-0.3, -0.25) is 4.79 Å². The zero-order valence-corrected chi connectivity index (χ0v) is 18.4. The minimum Gasteiger partial charge on any atom is -0.330 e. The molecule has 0 saturated heterocycles. The van der Waals surface area contributed by atoms with Gasteiger partial charge in [0.05, 0.1) is 29.7 Å². The number of alkyl halides is 3. The van der Waals surface area contributed by atoms with Crippen molar-refractivity contribution in [3.8, 4) is 5.69 Å². The highest BCUT2D eigenvalue weighted by Gasteiger charge is 2.35. The van der Waals surface area contributed by atoms with Gasteiger partial charge in [-0.2, -0.15) is 23.4 Å². The van der Waals surface area contributed by atoms with Crippen molar-refractivity contribution < 1.29 is 18.0 Å². The number of hydrogen-bond donors (Lipinski definition) is 0. The van der Waals surface area contributed by atoms with Crippen molar-refractivity contribution in [2.45, 2.75) is 32.0 Å². The minimum absolute atomic E-state index is 0.141. The quantitative estimate of drug-likeness (QED) is 0.428. The van der Waals surface area contributed by atoms with E-state index in [4.69, 9.17) is 23.2 Å². The monoisotopic (exact) mass is 483 g/mol. The van der Waals surface area contributed by atoms with Gasteiger partial charge in [-0.05, 0) is 56.0 Å². The van der Waals surface area contributed by atoms with Gasteiger partial charge in [0, 0.05) is 17.1 Å². The Balaban J connectivity index is 1.75. The molecule has 0 aliphatic heterocycles. The summed E-state index contributed by atoms with van der Waals surface area (Å²) < 4.78 is 39.9. The molecule has 1 amide bonds. The second kappa shape index (κ2) is 8.71. The van der Waals surface area contributed by atoms with Gasteiger partial charge in [-0.1, -0.05) is 23.2 Å². The van der Waals surface area contributed by atoms with E-state index in [1.165, 1.54) is 28.2 Å². The average molecular weight is 484 g/mol. The van der Waals surface area contributed by atoms with Gasteiger partial charge < -0.3 is 4.90 Å². The number of halogens is 5. The van der Waals surface area contributed by atoms with Crippen molar-refractivity contribution >= 4 is 29.1 Å². The summed E-state index contributed by atoms with van der Waals surface area (Å²) in [7, 11) is 0. The molecule has 1 atom stereocenters. The fourth-order valence-corrected chi connectivity index (χ4v) is 3.83. The van der Waals surface area contributed by atoms with Gasteiger partial charge >= 0.3 is 6.18 Å². The Bertz CT molecular complexity index is 1130. The van der Waals surface area contributed by atoms with Crippen molar-refractivity contribution in [1.82, 2.24) is 24.9 Å². The summed E-state index contributed by atoms with van der Waals surface area (Å²) in [6.07, 6.45) is 0.259. The van der Waals surface area contributed by atoms with Gasteiger partial charge in [-0.15, -0.1) is 4.80 Å². The van der Waals surface area contributed by atoms with Crippen molar-refractivity contribution in [1.29, 1.82) is 0 Å². The molecule has 2 heterocycles. The lowest BCUT2D eigenvalue weighted by Gasteiger charge is -2.30. The Kier molecular flexibility index (Phi) is 6.13. The fraction of sp³-hybridized carbons (Fsp3) is 0.333. The third-order valence-corrected chi connectivity index (χ3v) is 5.68. The third kappa shape index (κ3) is 4.88. The maximum atomic E-state index is 13.4. The molecule has 1 unspecified atom stereocenters. The van der Waals surface area contributed by atoms with E-state index in [0.29, 0.717) is 17.9 Å². The highest BCUT2D eigenvalue weighted by Crippen LogP contribution is 2.36. The van der Waals surface area contributed by atoms with E-state index in [2.05, 4.69) is 15.2 Å². The van der Waals surface area contributed by atoms with Crippen LogP contribution < -0.4 is 0 Å². The van der Waals surface area contributed by atoms with Gasteiger partial charge in [-0.25, -0.2) is 4.98 Å². The summed E-state index contributed by atoms with van der Waals surface area (Å²) in [5, 5.41) is 8.29. The van der Waals surface area contributed by atoms with Gasteiger partial charge in [0.1, 0.15) is 10.8 Å². The van der Waals surface area contributed by atoms with Crippen LogP contribution in [0.4, 0.5) is 13.2 Å². The van der Waals surface area contributed by atoms with Crippen molar-refractivity contribution in [2.75, 3.05) is 6.54 Å². The van der Waals surface area contributed by atoms with Crippen LogP contribution in [0.15, 0.2) is 42.7 Å². The smallest absolute Gasteiger partial charge is 0.330 e. The molecule has 0 bridgehead atoms. The summed E-state index contributed by atoms with van der Waals surface area (Å²) in [6, 6.07) is 5.51. The van der Waals surface area contributed by atoms with E-state index in [1.807, 2.05) is 0 Å². The largest absolute Gasteiger partial charge is 0.416 e. The van der Waals surface area contributed by atoms with Crippen molar-refractivity contribution in [2.24, 2.45) is 5.92 Å². The lowest BCUT2D eigenvalue weighted by molar-refractivity contribution is -0.137. The molecular weight excluding hydrogens is 466 g/mol. The van der Waals surface area contributed by atoms with Crippen LogP contribution in [0.2, 0.25) is 10.2 Å². The number of aromatic nitrogens is 4. The SMILES string of the molecule is CC(c1nc(Cl)ccc1-n1nccn1)N(CC1CC1)C(=O)c1cc(Cl)cc(C(F)(F)F)c1. The van der Waals surface area contributed by atoms with Gasteiger partial charge in [0.25, 0.3) is 5.91 Å². The number of carbonyl (C=O) groups is 1. The molecule has 168 valence electrons. The molecule has 0 radical (unpaired) electrons. The van der Waals surface area contributed by atoms with E-state index >= 15 is 0 Å². The molecule has 1 fully saturated rings. The van der Waals surface area contributed by atoms with Crippen LogP contribution in [0, 0.1) is 5.92 Å². The molecule has 1 aliphatic rings. The van der Waals surface area contributed by atoms with Crippen LogP contribution in [-0.4, -0.2) is 37.3 Å². The lowest BCUT2D eigenvalue weighted by atomic mass is 10.1. The molecule has 4 rings (SSSR count). The molecule has 1 saturated carbocycles. The summed E-state index contributed by atoms with van der Waals surface area (Å²) in [4.78, 5) is 20.7. The Labute approximate surface area is 191 Å². The number of pyridine rings is 1. The maximum Gasteiger partial charge on any atom is 0.416 e. The van der Waals surface area contributed by atoms with E-state index in [-0.39, 0.29) is 21.7 Å². The van der Waals surface area contributed by atoms with Crippen molar-refractivity contribution in [3.05, 3.63) is 69.7 Å². The van der Waals surface area contributed by atoms with E-state index in [1.54, 1.807) is 19.1 Å². The molecule has 32 heavy (non-hydrogen) atoms. The van der Waals surface area contributed by atoms with Crippen LogP contribution in [0.1, 0.15) is 47.4 Å². The van der Waals surface area contributed by atoms with Gasteiger partial charge in [0.15, 0.2) is 0 Å². The number of nitrogens with zero attached hydrogens (tertiary/aromatic N) is 5. The summed E-state index contributed by atoms with van der Waals surface area (Å²) in [5.41, 5.74) is -0.170. The standard InChI is InChI=1S/C21H18Cl2F3N5O/c1-12(19-17(4-5-18(23)29-19)31-27-6-7-28-31)30(11-13-2-3-13)20(32)14-8-15(21(24,25)26)10-16(22)9-14/h4-10,12-13H,2-3,11H2,1H3. The van der Waals surface area contributed by atoms with Crippen LogP contribution in [0.5, 0.6) is 0 Å². The highest BCUT2D eigenvalue weighted by atomic mass is 35.5. The molecule has 0 N–H and O–H groups in total. The summed E-state index contributed by atoms with van der Waals surface area (Å²) in [5.74, 6) is -0.299. The van der Waals surface area contributed by atoms with Gasteiger partial charge in [0.2, 0.25) is 0 Å². The van der Waals surface area contributed by atoms with Crippen LogP contribution in [0.25, 0.3) is 5.69 Å². The van der Waals surface area contributed by atoms with Crippen LogP contribution in [-0.2, 0) is 6.18 Å². The molecule has 0 spiro atoms. The number of carbonyl (C=O) groups excluding carboxylic acids is 1. The number of rotatable bonds is 6. The van der Waals surface area contributed by atoms with Crippen molar-refractivity contribution in [3.63, 3.8) is 0 Å². The molecule has 3 aromatic rings. The minimum atomic E-state index is -4.62. The molecule has 2 aromatic heterocycles. The Morgan fingerprint density at radius 2 is 1.88 bits per heavy atom. The topological polar surface area (TPSA) is 63.9 Å². The predicted octanol–water partition coefficient (Wildman–Crippen LogP) is 5.60. The zero-order chi connectivity index (χ0) is 23.0. The summed E-state index contributed by atoms with van der Waals surface area (Å²) >= 11 is 12.0. The third-order valence-electron chi connectivity index (χ3n) is 5.25. The maximum absolute atomic E-state index is 13.4. The number of benzene rings is 1. The number of amides is 1. The van der Waals surface area contributed by atoms with Crippen LogP contribution >= 0.6 is 23.2 Å². The first-order chi connectivity index (χ1) is 15.1. The molecule has 1 aromatic carbocycles. The Morgan fingerprint density at radius 1 is 1.19 bits per heavy atom. The van der Waals surface area contributed by atoms with E-state index in [9.17, 15) is 18.0 Å². The Morgan fingerprint density at radius 3 is 2.50 bits per heavy atom. The lowest BCUT2D eigenvalue weighted by Crippen LogP contribution is -2.36. The van der Waals surface area contributed by atoms with E-state index < -0.39 is 23.7 Å². The number of hydrogen-bond acceptors (Lipinski definition) is 4. The fourth-order valence-electron chi connectivity index (χ4n) is 3.45. The first-order valence-corrected chi connectivity index (χ1v) is 10.6. The predicted molar refractivity (Wildman–Crippen MR) is 113 cm³/mol. The second-order valence-electron chi connectivity index (χ2n) is 7.66. The second-order valence-corrected chi connectivity index (χ2v) is 8.48. The van der Waals surface area contributed by atoms with Crippen LogP contribution in [0.3, 0.4) is 0 Å². The first-order valence-electron chi connectivity index (χ1n) is 9.85. The molecule has 1 aliphatic carbocycles. The average Bonchev–Trinajstić information content (AvgIpc) is 3.40. The molecule has 11 heteroatoms. The molecular formula is C21H18Cl2F3N5O. The van der Waals surface area contributed by atoms with E-state index in [0.717, 1.165) is 25.0 Å². The Hall–Kier alpha value is -2.65.